The van der Waals surface area contributed by atoms with E-state index in [0.717, 1.165) is 65.9 Å². The predicted molar refractivity (Wildman–Crippen MR) is 234 cm³/mol. The van der Waals surface area contributed by atoms with E-state index in [1.165, 1.54) is 36.3 Å². The highest BCUT2D eigenvalue weighted by Crippen LogP contribution is 2.43. The van der Waals surface area contributed by atoms with Gasteiger partial charge in [-0.25, -0.2) is 15.0 Å². The first-order valence-corrected chi connectivity index (χ1v) is 19.6. The molecular formula is C51H29N3OS. The van der Waals surface area contributed by atoms with Gasteiger partial charge in [0, 0.05) is 47.6 Å². The van der Waals surface area contributed by atoms with Gasteiger partial charge in [0.15, 0.2) is 17.5 Å². The summed E-state index contributed by atoms with van der Waals surface area (Å²) in [5.41, 5.74) is 6.51. The normalized spacial score (nSPS) is 11.9. The summed E-state index contributed by atoms with van der Waals surface area (Å²) >= 11 is 1.83. The number of hydrogen-bond donors (Lipinski definition) is 0. The molecule has 56 heavy (non-hydrogen) atoms. The van der Waals surface area contributed by atoms with Gasteiger partial charge in [0.05, 0.1) is 0 Å². The molecule has 0 radical (unpaired) electrons. The lowest BCUT2D eigenvalue weighted by Crippen LogP contribution is -2.00. The second-order valence-corrected chi connectivity index (χ2v) is 15.5. The zero-order valence-electron chi connectivity index (χ0n) is 29.9. The van der Waals surface area contributed by atoms with Crippen LogP contribution in [-0.4, -0.2) is 15.0 Å². The smallest absolute Gasteiger partial charge is 0.164 e. The molecule has 12 aromatic rings. The highest BCUT2D eigenvalue weighted by Gasteiger charge is 2.21. The Bertz CT molecular complexity index is 3550. The van der Waals surface area contributed by atoms with Gasteiger partial charge in [0.2, 0.25) is 0 Å². The highest BCUT2D eigenvalue weighted by atomic mass is 32.1. The van der Waals surface area contributed by atoms with Gasteiger partial charge >= 0.3 is 0 Å². The topological polar surface area (TPSA) is 51.8 Å². The van der Waals surface area contributed by atoms with Crippen molar-refractivity contribution in [3.63, 3.8) is 0 Å². The number of hydrogen-bond acceptors (Lipinski definition) is 5. The Kier molecular flexibility index (Phi) is 6.76. The zero-order chi connectivity index (χ0) is 36.7. The lowest BCUT2D eigenvalue weighted by molar-refractivity contribution is 0.669. The Hall–Kier alpha value is -7.21. The summed E-state index contributed by atoms with van der Waals surface area (Å²) in [6.45, 7) is 0. The van der Waals surface area contributed by atoms with E-state index >= 15 is 0 Å². The standard InChI is InChI=1S/C51H29N3OS/c1-2-11-32(12-3-1)49-52-50(36-21-20-31-19-18-30-10-6-7-15-38(30)40(31)26-36)54-51(53-49)43-27-37(35-22-23-47-41(24-35)39-16-8-9-17-46(39)56-47)29-45-48(43)42-25-33-13-4-5-14-34(33)28-44(42)55-45/h1-29H. The Morgan fingerprint density at radius 2 is 0.964 bits per heavy atom. The second kappa shape index (κ2) is 12.2. The summed E-state index contributed by atoms with van der Waals surface area (Å²) in [4.78, 5) is 15.8. The van der Waals surface area contributed by atoms with Crippen molar-refractivity contribution in [3.05, 3.63) is 176 Å². The molecule has 0 unspecified atom stereocenters. The fourth-order valence-electron chi connectivity index (χ4n) is 8.32. The van der Waals surface area contributed by atoms with Crippen LogP contribution in [0, 0.1) is 0 Å². The first-order chi connectivity index (χ1) is 27.7. The first kappa shape index (κ1) is 31.2. The van der Waals surface area contributed by atoms with Crippen LogP contribution in [0.4, 0.5) is 0 Å². The lowest BCUT2D eigenvalue weighted by atomic mass is 9.96. The highest BCUT2D eigenvalue weighted by molar-refractivity contribution is 7.25. The number of fused-ring (bicyclic) bond motifs is 10. The Morgan fingerprint density at radius 1 is 0.339 bits per heavy atom. The average Bonchev–Trinajstić information content (AvgIpc) is 3.82. The van der Waals surface area contributed by atoms with E-state index in [9.17, 15) is 0 Å². The fourth-order valence-corrected chi connectivity index (χ4v) is 9.41. The molecule has 3 heterocycles. The second-order valence-electron chi connectivity index (χ2n) is 14.4. The van der Waals surface area contributed by atoms with Crippen molar-refractivity contribution >= 4 is 85.8 Å². The van der Waals surface area contributed by atoms with Crippen LogP contribution in [0.15, 0.2) is 180 Å². The van der Waals surface area contributed by atoms with Crippen LogP contribution < -0.4 is 0 Å². The number of thiophene rings is 1. The number of aromatic nitrogens is 3. The van der Waals surface area contributed by atoms with Crippen molar-refractivity contribution in [3.8, 4) is 45.3 Å². The third-order valence-electron chi connectivity index (χ3n) is 11.1. The van der Waals surface area contributed by atoms with E-state index in [1.54, 1.807) is 0 Å². The Morgan fingerprint density at radius 3 is 1.82 bits per heavy atom. The largest absolute Gasteiger partial charge is 0.456 e. The third-order valence-corrected chi connectivity index (χ3v) is 12.2. The molecular weight excluding hydrogens is 703 g/mol. The molecule has 0 aliphatic rings. The maximum atomic E-state index is 6.78. The molecule has 0 aliphatic heterocycles. The van der Waals surface area contributed by atoms with Crippen LogP contribution in [0.1, 0.15) is 0 Å². The van der Waals surface area contributed by atoms with Gasteiger partial charge in [-0.15, -0.1) is 11.3 Å². The molecule has 0 spiro atoms. The fraction of sp³-hybridized carbons (Fsp3) is 0. The van der Waals surface area contributed by atoms with Crippen molar-refractivity contribution in [2.24, 2.45) is 0 Å². The quantitative estimate of drug-likeness (QED) is 0.169. The molecule has 0 saturated carbocycles. The van der Waals surface area contributed by atoms with Crippen molar-refractivity contribution in [2.45, 2.75) is 0 Å². The van der Waals surface area contributed by atoms with Crippen LogP contribution in [0.3, 0.4) is 0 Å². The number of nitrogens with zero attached hydrogens (tertiary/aromatic N) is 3. The molecule has 0 saturated heterocycles. The minimum Gasteiger partial charge on any atom is -0.456 e. The summed E-state index contributed by atoms with van der Waals surface area (Å²) in [5, 5.41) is 11.5. The lowest BCUT2D eigenvalue weighted by Gasteiger charge is -2.12. The van der Waals surface area contributed by atoms with Gasteiger partial charge in [-0.2, -0.15) is 0 Å². The van der Waals surface area contributed by atoms with Crippen molar-refractivity contribution in [1.82, 2.24) is 15.0 Å². The van der Waals surface area contributed by atoms with Crippen LogP contribution in [-0.2, 0) is 0 Å². The molecule has 3 aromatic heterocycles. The van der Waals surface area contributed by atoms with Crippen LogP contribution >= 0.6 is 11.3 Å². The van der Waals surface area contributed by atoms with E-state index < -0.39 is 0 Å². The number of furan rings is 1. The molecule has 9 aromatic carbocycles. The van der Waals surface area contributed by atoms with Crippen molar-refractivity contribution < 1.29 is 4.42 Å². The van der Waals surface area contributed by atoms with Gasteiger partial charge in [0.25, 0.3) is 0 Å². The maximum Gasteiger partial charge on any atom is 0.164 e. The molecule has 0 aliphatic carbocycles. The minimum atomic E-state index is 0.594. The van der Waals surface area contributed by atoms with E-state index in [-0.39, 0.29) is 0 Å². The van der Waals surface area contributed by atoms with Crippen LogP contribution in [0.25, 0.3) is 120 Å². The van der Waals surface area contributed by atoms with E-state index in [2.05, 4.69) is 158 Å². The molecule has 0 amide bonds. The Balaban J connectivity index is 1.15. The molecule has 5 heteroatoms. The number of benzene rings is 9. The molecule has 0 bridgehead atoms. The number of rotatable bonds is 4. The SMILES string of the molecule is c1ccc(-c2nc(-c3ccc4ccc5ccccc5c4c3)nc(-c3cc(-c4ccc5sc6ccccc6c5c4)cc4oc5cc6ccccc6cc5c34)n2)cc1. The van der Waals surface area contributed by atoms with Gasteiger partial charge in [0.1, 0.15) is 11.2 Å². The monoisotopic (exact) mass is 731 g/mol. The van der Waals surface area contributed by atoms with Crippen LogP contribution in [0.2, 0.25) is 0 Å². The summed E-state index contributed by atoms with van der Waals surface area (Å²) in [6.07, 6.45) is 0. The molecule has 12 rings (SSSR count). The van der Waals surface area contributed by atoms with Crippen molar-refractivity contribution in [2.75, 3.05) is 0 Å². The summed E-state index contributed by atoms with van der Waals surface area (Å²) in [5.74, 6) is 1.83. The van der Waals surface area contributed by atoms with Gasteiger partial charge in [-0.1, -0.05) is 127 Å². The summed E-state index contributed by atoms with van der Waals surface area (Å²) < 4.78 is 9.33. The Labute approximate surface area is 325 Å². The molecule has 0 fully saturated rings. The van der Waals surface area contributed by atoms with Gasteiger partial charge < -0.3 is 4.42 Å². The van der Waals surface area contributed by atoms with E-state index in [4.69, 9.17) is 19.4 Å². The van der Waals surface area contributed by atoms with E-state index in [1.807, 2.05) is 29.5 Å². The summed E-state index contributed by atoms with van der Waals surface area (Å²) in [7, 11) is 0. The molecule has 0 atom stereocenters. The van der Waals surface area contributed by atoms with Gasteiger partial charge in [-0.3, -0.25) is 0 Å². The van der Waals surface area contributed by atoms with Gasteiger partial charge in [-0.05, 0) is 92.0 Å². The van der Waals surface area contributed by atoms with Crippen LogP contribution in [0.5, 0.6) is 0 Å². The molecule has 4 nitrogen and oxygen atoms in total. The minimum absolute atomic E-state index is 0.594. The zero-order valence-corrected chi connectivity index (χ0v) is 30.7. The van der Waals surface area contributed by atoms with Crippen molar-refractivity contribution in [1.29, 1.82) is 0 Å². The molecule has 0 N–H and O–H groups in total. The predicted octanol–water partition coefficient (Wildman–Crippen LogP) is 14.3. The van der Waals surface area contributed by atoms with E-state index in [0.29, 0.717) is 17.5 Å². The summed E-state index contributed by atoms with van der Waals surface area (Å²) in [6, 6.07) is 62.2. The first-order valence-electron chi connectivity index (χ1n) is 18.7. The maximum absolute atomic E-state index is 6.78. The molecule has 260 valence electrons. The third kappa shape index (κ3) is 4.95. The average molecular weight is 732 g/mol.